The van der Waals surface area contributed by atoms with Crippen molar-refractivity contribution in [2.45, 2.75) is 18.9 Å². The molecule has 0 spiro atoms. The summed E-state index contributed by atoms with van der Waals surface area (Å²) >= 11 is 11.8. The van der Waals surface area contributed by atoms with Gasteiger partial charge in [-0.2, -0.15) is 5.10 Å². The third-order valence-electron chi connectivity index (χ3n) is 5.35. The number of hydrogen-bond acceptors (Lipinski definition) is 4. The fourth-order valence-electron chi connectivity index (χ4n) is 3.69. The van der Waals surface area contributed by atoms with E-state index in [1.165, 1.54) is 6.20 Å². The second-order valence-electron chi connectivity index (χ2n) is 7.47. The molecule has 1 fully saturated rings. The zero-order valence-corrected chi connectivity index (χ0v) is 18.4. The van der Waals surface area contributed by atoms with Gasteiger partial charge in [-0.1, -0.05) is 47.5 Å². The Kier molecular flexibility index (Phi) is 7.02. The smallest absolute Gasteiger partial charge is 0.256 e. The van der Waals surface area contributed by atoms with Crippen LogP contribution in [-0.4, -0.2) is 45.2 Å². The SMILES string of the molecule is O=C(Nc1ccnn1C1CCN(CC=Cc2ccc(Cl)cc2)CC1)c1ccnc(Cl)c1. The third kappa shape index (κ3) is 5.73. The molecule has 160 valence electrons. The second-order valence-corrected chi connectivity index (χ2v) is 8.29. The number of nitrogens with one attached hydrogen (secondary N) is 1. The van der Waals surface area contributed by atoms with Gasteiger partial charge in [-0.3, -0.25) is 9.69 Å². The largest absolute Gasteiger partial charge is 0.307 e. The molecule has 0 atom stereocenters. The molecular formula is C23H23Cl2N5O. The maximum atomic E-state index is 12.5. The monoisotopic (exact) mass is 455 g/mol. The molecule has 2 aromatic heterocycles. The van der Waals surface area contributed by atoms with Gasteiger partial charge in [0.15, 0.2) is 0 Å². The predicted molar refractivity (Wildman–Crippen MR) is 125 cm³/mol. The number of anilines is 1. The van der Waals surface area contributed by atoms with Gasteiger partial charge in [0.2, 0.25) is 0 Å². The van der Waals surface area contributed by atoms with Crippen LogP contribution in [0.4, 0.5) is 5.82 Å². The van der Waals surface area contributed by atoms with E-state index in [0.717, 1.165) is 43.1 Å². The number of halogens is 2. The highest BCUT2D eigenvalue weighted by Gasteiger charge is 2.23. The molecule has 8 heteroatoms. The van der Waals surface area contributed by atoms with Crippen LogP contribution in [0.25, 0.3) is 6.08 Å². The molecule has 0 unspecified atom stereocenters. The van der Waals surface area contributed by atoms with Gasteiger partial charge < -0.3 is 5.32 Å². The number of hydrogen-bond donors (Lipinski definition) is 1. The Morgan fingerprint density at radius 3 is 2.61 bits per heavy atom. The van der Waals surface area contributed by atoms with E-state index in [1.54, 1.807) is 18.3 Å². The van der Waals surface area contributed by atoms with Crippen molar-refractivity contribution in [3.63, 3.8) is 0 Å². The first-order valence-electron chi connectivity index (χ1n) is 10.2. The topological polar surface area (TPSA) is 63.1 Å². The van der Waals surface area contributed by atoms with E-state index < -0.39 is 0 Å². The van der Waals surface area contributed by atoms with Crippen LogP contribution in [-0.2, 0) is 0 Å². The summed E-state index contributed by atoms with van der Waals surface area (Å²) in [7, 11) is 0. The highest BCUT2D eigenvalue weighted by atomic mass is 35.5. The molecule has 6 nitrogen and oxygen atoms in total. The summed E-state index contributed by atoms with van der Waals surface area (Å²) in [5.41, 5.74) is 1.61. The van der Waals surface area contributed by atoms with E-state index in [9.17, 15) is 4.79 Å². The molecule has 1 aliphatic heterocycles. The molecule has 1 amide bonds. The molecule has 4 rings (SSSR count). The Labute approximate surface area is 191 Å². The lowest BCUT2D eigenvalue weighted by Crippen LogP contribution is -2.35. The van der Waals surface area contributed by atoms with E-state index in [4.69, 9.17) is 23.2 Å². The minimum absolute atomic E-state index is 0.226. The number of amides is 1. The fourth-order valence-corrected chi connectivity index (χ4v) is 3.99. The van der Waals surface area contributed by atoms with E-state index in [0.29, 0.717) is 16.5 Å². The normalized spacial score (nSPS) is 15.4. The summed E-state index contributed by atoms with van der Waals surface area (Å²) in [6.07, 6.45) is 9.49. The lowest BCUT2D eigenvalue weighted by molar-refractivity contribution is 0.102. The lowest BCUT2D eigenvalue weighted by atomic mass is 10.1. The van der Waals surface area contributed by atoms with Crippen LogP contribution in [0.5, 0.6) is 0 Å². The first-order valence-corrected chi connectivity index (χ1v) is 10.9. The molecule has 3 aromatic rings. The zero-order valence-electron chi connectivity index (χ0n) is 16.9. The van der Waals surface area contributed by atoms with Crippen LogP contribution in [0.3, 0.4) is 0 Å². The molecule has 0 radical (unpaired) electrons. The van der Waals surface area contributed by atoms with Gasteiger partial charge in [0.25, 0.3) is 5.91 Å². The molecule has 1 N–H and O–H groups in total. The van der Waals surface area contributed by atoms with Gasteiger partial charge >= 0.3 is 0 Å². The highest BCUT2D eigenvalue weighted by Crippen LogP contribution is 2.26. The number of piperidine rings is 1. The molecule has 0 saturated carbocycles. The minimum atomic E-state index is -0.226. The van der Waals surface area contributed by atoms with Crippen LogP contribution in [0.1, 0.15) is 34.8 Å². The first-order chi connectivity index (χ1) is 15.1. The number of nitrogens with zero attached hydrogens (tertiary/aromatic N) is 4. The molecule has 0 bridgehead atoms. The summed E-state index contributed by atoms with van der Waals surface area (Å²) in [6.45, 7) is 2.85. The maximum absolute atomic E-state index is 12.5. The summed E-state index contributed by atoms with van der Waals surface area (Å²) in [4.78, 5) is 18.9. The van der Waals surface area contributed by atoms with E-state index in [-0.39, 0.29) is 11.9 Å². The highest BCUT2D eigenvalue weighted by molar-refractivity contribution is 6.30. The Morgan fingerprint density at radius 1 is 1.10 bits per heavy atom. The van der Waals surface area contributed by atoms with Crippen LogP contribution >= 0.6 is 23.2 Å². The average Bonchev–Trinajstić information content (AvgIpc) is 3.24. The number of aromatic nitrogens is 3. The van der Waals surface area contributed by atoms with Crippen molar-refractivity contribution in [3.8, 4) is 0 Å². The van der Waals surface area contributed by atoms with Crippen molar-refractivity contribution in [2.24, 2.45) is 0 Å². The van der Waals surface area contributed by atoms with Crippen molar-refractivity contribution >= 4 is 41.0 Å². The van der Waals surface area contributed by atoms with Crippen molar-refractivity contribution < 1.29 is 4.79 Å². The summed E-state index contributed by atoms with van der Waals surface area (Å²) in [6, 6.07) is 13.1. The molecule has 0 aliphatic carbocycles. The first kappa shape index (κ1) is 21.6. The molecule has 1 aliphatic rings. The van der Waals surface area contributed by atoms with Gasteiger partial charge in [-0.05, 0) is 42.7 Å². The third-order valence-corrected chi connectivity index (χ3v) is 5.81. The Morgan fingerprint density at radius 2 is 1.87 bits per heavy atom. The van der Waals surface area contributed by atoms with Crippen molar-refractivity contribution in [1.29, 1.82) is 0 Å². The number of likely N-dealkylation sites (tertiary alicyclic amines) is 1. The fraction of sp³-hybridized carbons (Fsp3) is 0.261. The predicted octanol–water partition coefficient (Wildman–Crippen LogP) is 5.19. The number of rotatable bonds is 6. The van der Waals surface area contributed by atoms with Gasteiger partial charge in [0.1, 0.15) is 11.0 Å². The number of carbonyl (C=O) groups excluding carboxylic acids is 1. The van der Waals surface area contributed by atoms with Crippen LogP contribution in [0.2, 0.25) is 10.2 Å². The summed E-state index contributed by atoms with van der Waals surface area (Å²) in [5.74, 6) is 0.467. The number of carbonyl (C=O) groups is 1. The van der Waals surface area contributed by atoms with Crippen LogP contribution < -0.4 is 5.32 Å². The standard InChI is InChI=1S/C23H23Cl2N5O/c24-19-5-3-17(4-6-19)2-1-13-29-14-9-20(10-15-29)30-22(8-12-27-30)28-23(31)18-7-11-26-21(25)16-18/h1-8,11-12,16,20H,9-10,13-15H2,(H,28,31). The lowest BCUT2D eigenvalue weighted by Gasteiger charge is -2.32. The summed E-state index contributed by atoms with van der Waals surface area (Å²) < 4.78 is 1.92. The molecule has 31 heavy (non-hydrogen) atoms. The van der Waals surface area contributed by atoms with Crippen LogP contribution in [0.15, 0.2) is 60.9 Å². The van der Waals surface area contributed by atoms with Crippen molar-refractivity contribution in [3.05, 3.63) is 82.2 Å². The van der Waals surface area contributed by atoms with Crippen molar-refractivity contribution in [2.75, 3.05) is 25.0 Å². The van der Waals surface area contributed by atoms with Crippen LogP contribution in [0, 0.1) is 0 Å². The summed E-state index contributed by atoms with van der Waals surface area (Å²) in [5, 5.41) is 8.44. The quantitative estimate of drug-likeness (QED) is 0.519. The van der Waals surface area contributed by atoms with E-state index in [2.05, 4.69) is 32.5 Å². The maximum Gasteiger partial charge on any atom is 0.256 e. The van der Waals surface area contributed by atoms with Gasteiger partial charge in [0, 0.05) is 42.5 Å². The van der Waals surface area contributed by atoms with E-state index >= 15 is 0 Å². The molecule has 1 aromatic carbocycles. The second kappa shape index (κ2) is 10.1. The minimum Gasteiger partial charge on any atom is -0.307 e. The Hall–Kier alpha value is -2.67. The van der Waals surface area contributed by atoms with Gasteiger partial charge in [0.05, 0.1) is 12.2 Å². The molecule has 1 saturated heterocycles. The zero-order chi connectivity index (χ0) is 21.6. The van der Waals surface area contributed by atoms with Gasteiger partial charge in [-0.25, -0.2) is 9.67 Å². The van der Waals surface area contributed by atoms with Crippen molar-refractivity contribution in [1.82, 2.24) is 19.7 Å². The number of benzene rings is 1. The van der Waals surface area contributed by atoms with E-state index in [1.807, 2.05) is 35.0 Å². The van der Waals surface area contributed by atoms with Gasteiger partial charge in [-0.15, -0.1) is 0 Å². The Balaban J connectivity index is 1.31. The molecule has 3 heterocycles. The molecular weight excluding hydrogens is 433 g/mol. The average molecular weight is 456 g/mol. The Bertz CT molecular complexity index is 1060. The number of pyridine rings is 1.